The number of carbonyl (C=O) groups is 1. The van der Waals surface area contributed by atoms with Crippen molar-refractivity contribution in [2.24, 2.45) is 7.05 Å². The minimum Gasteiger partial charge on any atom is -0.497 e. The molecule has 39 heavy (non-hydrogen) atoms. The van der Waals surface area contributed by atoms with Gasteiger partial charge in [-0.15, -0.1) is 0 Å². The maximum atomic E-state index is 14.1. The number of methoxy groups -OCH3 is 2. The van der Waals surface area contributed by atoms with E-state index >= 15 is 0 Å². The van der Waals surface area contributed by atoms with E-state index in [2.05, 4.69) is 6.07 Å². The third kappa shape index (κ3) is 5.32. The first-order chi connectivity index (χ1) is 18.8. The molecule has 1 aliphatic rings. The van der Waals surface area contributed by atoms with Crippen molar-refractivity contribution in [1.29, 1.82) is 5.41 Å². The fraction of sp³-hybridized carbons (Fsp3) is 0.290. The third-order valence-corrected chi connectivity index (χ3v) is 7.37. The predicted octanol–water partition coefficient (Wildman–Crippen LogP) is 5.07. The van der Waals surface area contributed by atoms with Crippen LogP contribution in [0.4, 0.5) is 4.39 Å². The van der Waals surface area contributed by atoms with Crippen LogP contribution in [0.2, 0.25) is 0 Å². The molecule has 2 heterocycles. The van der Waals surface area contributed by atoms with E-state index in [4.69, 9.17) is 14.9 Å². The monoisotopic (exact) mass is 528 g/mol. The van der Waals surface area contributed by atoms with Crippen molar-refractivity contribution in [1.82, 2.24) is 14.0 Å². The molecular weight excluding hydrogens is 495 g/mol. The summed E-state index contributed by atoms with van der Waals surface area (Å²) in [5.74, 6) is 1.02. The van der Waals surface area contributed by atoms with Crippen molar-refractivity contribution in [3.63, 3.8) is 0 Å². The molecular formula is C31H33FN4O3. The van der Waals surface area contributed by atoms with Crippen LogP contribution in [-0.4, -0.2) is 40.7 Å². The maximum Gasteiger partial charge on any atom is 0.254 e. The second-order valence-electron chi connectivity index (χ2n) is 10.0. The summed E-state index contributed by atoms with van der Waals surface area (Å²) in [5, 5.41) is 8.37. The van der Waals surface area contributed by atoms with E-state index in [-0.39, 0.29) is 11.7 Å². The number of carbonyl (C=O) groups excluding carboxylic acids is 1. The van der Waals surface area contributed by atoms with Crippen LogP contribution in [0.25, 0.3) is 11.1 Å². The molecule has 0 radical (unpaired) electrons. The number of benzene rings is 3. The molecule has 1 amide bonds. The number of ether oxygens (including phenoxy) is 2. The Morgan fingerprint density at radius 3 is 2.23 bits per heavy atom. The third-order valence-electron chi connectivity index (χ3n) is 7.37. The molecule has 7 nitrogen and oxygen atoms in total. The number of nitrogens with one attached hydrogen (secondary N) is 1. The molecule has 0 fully saturated rings. The van der Waals surface area contributed by atoms with E-state index in [1.807, 2.05) is 60.1 Å². The highest BCUT2D eigenvalue weighted by Gasteiger charge is 2.26. The minimum absolute atomic E-state index is 0.0451. The predicted molar refractivity (Wildman–Crippen MR) is 148 cm³/mol. The molecule has 0 unspecified atom stereocenters. The van der Waals surface area contributed by atoms with Gasteiger partial charge in [0.1, 0.15) is 17.3 Å². The summed E-state index contributed by atoms with van der Waals surface area (Å²) in [7, 11) is 5.05. The molecule has 8 heteroatoms. The fourth-order valence-corrected chi connectivity index (χ4v) is 5.35. The first kappa shape index (κ1) is 26.3. The lowest BCUT2D eigenvalue weighted by atomic mass is 9.88. The zero-order valence-electron chi connectivity index (χ0n) is 22.8. The molecule has 0 saturated carbocycles. The summed E-state index contributed by atoms with van der Waals surface area (Å²) in [6.45, 7) is 3.37. The van der Waals surface area contributed by atoms with E-state index in [1.165, 1.54) is 12.1 Å². The number of amides is 1. The Morgan fingerprint density at radius 2 is 1.59 bits per heavy atom. The Bertz CT molecular complexity index is 1580. The van der Waals surface area contributed by atoms with Crippen molar-refractivity contribution in [3.8, 4) is 22.6 Å². The van der Waals surface area contributed by atoms with Crippen LogP contribution in [0.1, 0.15) is 39.0 Å². The summed E-state index contributed by atoms with van der Waals surface area (Å²) < 4.78 is 28.4. The standard InChI is InChI=1S/C31H33FN4O3/c1-20-12-23(32)7-8-26(20)28-15-22(19-36-11-10-34(2)31(36)33)16-29-27(28)6-5-9-35(30(29)37)18-21-13-24(38-3)17-25(14-21)39-4/h7-8,10-17,33H,5-6,9,18-19H2,1-4H3. The number of aryl methyl sites for hydroxylation is 2. The van der Waals surface area contributed by atoms with Crippen LogP contribution in [0.3, 0.4) is 0 Å². The number of hydrogen-bond donors (Lipinski definition) is 1. The van der Waals surface area contributed by atoms with Gasteiger partial charge in [-0.05, 0) is 89.5 Å². The highest BCUT2D eigenvalue weighted by atomic mass is 19.1. The lowest BCUT2D eigenvalue weighted by Crippen LogP contribution is -2.30. The Morgan fingerprint density at radius 1 is 0.897 bits per heavy atom. The Balaban J connectivity index is 1.60. The maximum absolute atomic E-state index is 14.1. The van der Waals surface area contributed by atoms with Gasteiger partial charge >= 0.3 is 0 Å². The number of fused-ring (bicyclic) bond motifs is 1. The van der Waals surface area contributed by atoms with E-state index < -0.39 is 0 Å². The fourth-order valence-electron chi connectivity index (χ4n) is 5.35. The molecule has 202 valence electrons. The largest absolute Gasteiger partial charge is 0.497 e. The Labute approximate surface area is 227 Å². The number of hydrogen-bond acceptors (Lipinski definition) is 4. The second-order valence-corrected chi connectivity index (χ2v) is 10.0. The Kier molecular flexibility index (Phi) is 7.28. The quantitative estimate of drug-likeness (QED) is 0.364. The molecule has 1 aromatic heterocycles. The van der Waals surface area contributed by atoms with Gasteiger partial charge in [0.05, 0.1) is 20.8 Å². The lowest BCUT2D eigenvalue weighted by Gasteiger charge is -2.23. The van der Waals surface area contributed by atoms with Crippen LogP contribution >= 0.6 is 0 Å². The Hall–Kier alpha value is -4.33. The molecule has 0 aliphatic carbocycles. The van der Waals surface area contributed by atoms with Crippen LogP contribution in [0.5, 0.6) is 11.5 Å². The summed E-state index contributed by atoms with van der Waals surface area (Å²) in [6.07, 6.45) is 5.23. The molecule has 4 aromatic rings. The van der Waals surface area contributed by atoms with Gasteiger partial charge in [-0.2, -0.15) is 0 Å². The average molecular weight is 529 g/mol. The van der Waals surface area contributed by atoms with Gasteiger partial charge in [0, 0.05) is 44.2 Å². The van der Waals surface area contributed by atoms with Crippen molar-refractivity contribution < 1.29 is 18.7 Å². The van der Waals surface area contributed by atoms with Crippen molar-refractivity contribution >= 4 is 5.91 Å². The van der Waals surface area contributed by atoms with Crippen molar-refractivity contribution in [2.45, 2.75) is 32.9 Å². The summed E-state index contributed by atoms with van der Waals surface area (Å²) in [4.78, 5) is 16.0. The van der Waals surface area contributed by atoms with E-state index in [1.54, 1.807) is 24.9 Å². The number of rotatable bonds is 7. The van der Waals surface area contributed by atoms with E-state index in [9.17, 15) is 9.18 Å². The van der Waals surface area contributed by atoms with Crippen LogP contribution in [0, 0.1) is 18.2 Å². The van der Waals surface area contributed by atoms with Crippen molar-refractivity contribution in [3.05, 3.63) is 100 Å². The highest BCUT2D eigenvalue weighted by molar-refractivity contribution is 5.98. The molecule has 1 aliphatic heterocycles. The second kappa shape index (κ2) is 10.8. The average Bonchev–Trinajstić information content (AvgIpc) is 3.15. The summed E-state index contributed by atoms with van der Waals surface area (Å²) in [6, 6.07) is 14.5. The zero-order chi connectivity index (χ0) is 27.7. The van der Waals surface area contributed by atoms with Gasteiger partial charge in [0.15, 0.2) is 0 Å². The molecule has 0 saturated heterocycles. The van der Waals surface area contributed by atoms with Gasteiger partial charge in [-0.1, -0.05) is 6.07 Å². The zero-order valence-corrected chi connectivity index (χ0v) is 22.8. The molecule has 0 spiro atoms. The number of halogens is 1. The molecule has 5 rings (SSSR count). The lowest BCUT2D eigenvalue weighted by molar-refractivity contribution is 0.0748. The smallest absolute Gasteiger partial charge is 0.254 e. The van der Waals surface area contributed by atoms with E-state index in [0.29, 0.717) is 42.3 Å². The number of nitrogens with zero attached hydrogens (tertiary/aromatic N) is 3. The van der Waals surface area contributed by atoms with Gasteiger partial charge in [-0.3, -0.25) is 10.2 Å². The highest BCUT2D eigenvalue weighted by Crippen LogP contribution is 2.35. The molecule has 3 aromatic carbocycles. The SMILES string of the molecule is COc1cc(CN2CCCc3c(cc(Cn4ccn(C)c4=N)cc3-c3ccc(F)cc3C)C2=O)cc(OC)c1. The summed E-state index contributed by atoms with van der Waals surface area (Å²) in [5.41, 5.74) is 6.51. The molecule has 1 N–H and O–H groups in total. The number of aromatic nitrogens is 2. The number of imidazole rings is 1. The first-order valence-corrected chi connectivity index (χ1v) is 13.0. The minimum atomic E-state index is -0.284. The van der Waals surface area contributed by atoms with Crippen LogP contribution in [-0.2, 0) is 26.6 Å². The van der Waals surface area contributed by atoms with Gasteiger partial charge in [0.2, 0.25) is 5.62 Å². The topological polar surface area (TPSA) is 72.5 Å². The molecule has 0 atom stereocenters. The van der Waals surface area contributed by atoms with Gasteiger partial charge in [-0.25, -0.2) is 4.39 Å². The molecule has 0 bridgehead atoms. The van der Waals surface area contributed by atoms with Crippen LogP contribution in [0.15, 0.2) is 60.9 Å². The van der Waals surface area contributed by atoms with Crippen LogP contribution < -0.4 is 15.1 Å². The normalized spacial score (nSPS) is 13.3. The van der Waals surface area contributed by atoms with Crippen molar-refractivity contribution in [2.75, 3.05) is 20.8 Å². The van der Waals surface area contributed by atoms with Gasteiger partial charge < -0.3 is 23.5 Å². The van der Waals surface area contributed by atoms with Gasteiger partial charge in [0.25, 0.3) is 5.91 Å². The van der Waals surface area contributed by atoms with E-state index in [0.717, 1.165) is 46.2 Å². The summed E-state index contributed by atoms with van der Waals surface area (Å²) >= 11 is 0. The first-order valence-electron chi connectivity index (χ1n) is 13.0.